The second-order valence-electron chi connectivity index (χ2n) is 8.34. The molecule has 1 aromatic heterocycles. The minimum absolute atomic E-state index is 0.244. The van der Waals surface area contributed by atoms with Gasteiger partial charge in [-0.2, -0.15) is 4.98 Å². The Morgan fingerprint density at radius 3 is 2.81 bits per heavy atom. The molecule has 1 spiro atoms. The van der Waals surface area contributed by atoms with Crippen LogP contribution in [0.5, 0.6) is 0 Å². The van der Waals surface area contributed by atoms with Crippen LogP contribution in [0.4, 0.5) is 11.8 Å². The van der Waals surface area contributed by atoms with Gasteiger partial charge in [0.1, 0.15) is 5.82 Å². The molecule has 0 aromatic carbocycles. The van der Waals surface area contributed by atoms with Gasteiger partial charge in [-0.25, -0.2) is 4.98 Å². The Bertz CT molecular complexity index is 681. The van der Waals surface area contributed by atoms with E-state index in [1.54, 1.807) is 0 Å². The average molecular weight is 374 g/mol. The van der Waals surface area contributed by atoms with Crippen LogP contribution in [0.3, 0.4) is 0 Å². The molecule has 1 aromatic rings. The van der Waals surface area contributed by atoms with Crippen molar-refractivity contribution in [2.45, 2.75) is 51.6 Å². The zero-order valence-corrected chi connectivity index (χ0v) is 16.5. The molecule has 7 heteroatoms. The summed E-state index contributed by atoms with van der Waals surface area (Å²) in [4.78, 5) is 25.9. The number of carbonyl (C=O) groups is 1. The molecule has 4 rings (SSSR count). The number of nitrogens with one attached hydrogen (secondary N) is 1. The molecule has 7 nitrogen and oxygen atoms in total. The van der Waals surface area contributed by atoms with Crippen molar-refractivity contribution in [1.82, 2.24) is 14.9 Å². The third-order valence-electron chi connectivity index (χ3n) is 6.41. The van der Waals surface area contributed by atoms with Gasteiger partial charge in [0.05, 0.1) is 6.10 Å². The van der Waals surface area contributed by atoms with E-state index in [4.69, 9.17) is 4.74 Å². The van der Waals surface area contributed by atoms with Crippen molar-refractivity contribution in [3.05, 3.63) is 11.8 Å². The molecule has 1 N–H and O–H groups in total. The van der Waals surface area contributed by atoms with Crippen LogP contribution in [-0.4, -0.2) is 66.7 Å². The molecule has 3 saturated heterocycles. The van der Waals surface area contributed by atoms with E-state index in [1.807, 2.05) is 14.0 Å². The molecular weight excluding hydrogens is 342 g/mol. The Morgan fingerprint density at radius 2 is 2.11 bits per heavy atom. The van der Waals surface area contributed by atoms with Gasteiger partial charge in [-0.05, 0) is 44.4 Å². The summed E-state index contributed by atoms with van der Waals surface area (Å²) in [6.45, 7) is 6.50. The number of piperidine rings is 2. The zero-order chi connectivity index (χ0) is 18.9. The van der Waals surface area contributed by atoms with Crippen molar-refractivity contribution in [2.75, 3.05) is 50.1 Å². The minimum Gasteiger partial charge on any atom is -0.376 e. The molecule has 27 heavy (non-hydrogen) atoms. The highest BCUT2D eigenvalue weighted by molar-refractivity contribution is 5.77. The number of hydrogen-bond acceptors (Lipinski definition) is 6. The SMILES string of the molecule is CNc1nc(C)cc(N2CCC3(CCC(=O)N(C[C@H]4CCCO4)C3)CC2)n1. The van der Waals surface area contributed by atoms with Crippen LogP contribution in [0.1, 0.15) is 44.2 Å². The van der Waals surface area contributed by atoms with Crippen LogP contribution in [0.2, 0.25) is 0 Å². The monoisotopic (exact) mass is 373 g/mol. The lowest BCUT2D eigenvalue weighted by molar-refractivity contribution is -0.140. The van der Waals surface area contributed by atoms with Crippen molar-refractivity contribution in [1.29, 1.82) is 0 Å². The minimum atomic E-state index is 0.244. The maximum atomic E-state index is 12.4. The second kappa shape index (κ2) is 7.62. The lowest BCUT2D eigenvalue weighted by Crippen LogP contribution is -2.53. The number of aromatic nitrogens is 2. The number of aryl methyl sites for hydroxylation is 1. The molecule has 4 heterocycles. The van der Waals surface area contributed by atoms with Crippen molar-refractivity contribution in [3.8, 4) is 0 Å². The fraction of sp³-hybridized carbons (Fsp3) is 0.750. The molecule has 3 fully saturated rings. The predicted octanol–water partition coefficient (Wildman–Crippen LogP) is 2.21. The van der Waals surface area contributed by atoms with E-state index < -0.39 is 0 Å². The fourth-order valence-corrected chi connectivity index (χ4v) is 4.75. The van der Waals surface area contributed by atoms with E-state index in [-0.39, 0.29) is 11.5 Å². The van der Waals surface area contributed by atoms with E-state index in [9.17, 15) is 4.79 Å². The van der Waals surface area contributed by atoms with Crippen LogP contribution in [0.15, 0.2) is 6.07 Å². The third-order valence-corrected chi connectivity index (χ3v) is 6.41. The summed E-state index contributed by atoms with van der Waals surface area (Å²) in [5.41, 5.74) is 1.24. The van der Waals surface area contributed by atoms with Crippen molar-refractivity contribution >= 4 is 17.7 Å². The summed E-state index contributed by atoms with van der Waals surface area (Å²) in [5.74, 6) is 1.99. The van der Waals surface area contributed by atoms with E-state index in [0.29, 0.717) is 18.3 Å². The Hall–Kier alpha value is -1.89. The van der Waals surface area contributed by atoms with Crippen LogP contribution in [0, 0.1) is 12.3 Å². The van der Waals surface area contributed by atoms with Gasteiger partial charge >= 0.3 is 0 Å². The second-order valence-corrected chi connectivity index (χ2v) is 8.34. The molecule has 3 aliphatic rings. The van der Waals surface area contributed by atoms with E-state index in [0.717, 1.165) is 76.4 Å². The van der Waals surface area contributed by atoms with Gasteiger partial charge in [-0.15, -0.1) is 0 Å². The highest BCUT2D eigenvalue weighted by Gasteiger charge is 2.41. The van der Waals surface area contributed by atoms with Gasteiger partial charge in [0, 0.05) is 58.0 Å². The van der Waals surface area contributed by atoms with Gasteiger partial charge in [0.25, 0.3) is 0 Å². The number of hydrogen-bond donors (Lipinski definition) is 1. The Labute approximate surface area is 161 Å². The summed E-state index contributed by atoms with van der Waals surface area (Å²) >= 11 is 0. The number of anilines is 2. The Balaban J connectivity index is 1.40. The summed E-state index contributed by atoms with van der Waals surface area (Å²) in [6, 6.07) is 2.06. The third kappa shape index (κ3) is 4.03. The number of ether oxygens (including phenoxy) is 1. The molecule has 1 atom stereocenters. The molecule has 0 radical (unpaired) electrons. The number of likely N-dealkylation sites (tertiary alicyclic amines) is 1. The number of rotatable bonds is 4. The lowest BCUT2D eigenvalue weighted by Gasteiger charge is -2.48. The van der Waals surface area contributed by atoms with Gasteiger partial charge in [0.2, 0.25) is 11.9 Å². The summed E-state index contributed by atoms with van der Waals surface area (Å²) in [5, 5.41) is 3.04. The smallest absolute Gasteiger partial charge is 0.224 e. The molecular formula is C20H31N5O2. The molecule has 0 saturated carbocycles. The highest BCUT2D eigenvalue weighted by atomic mass is 16.5. The summed E-state index contributed by atoms with van der Waals surface area (Å²) < 4.78 is 5.77. The number of carbonyl (C=O) groups excluding carboxylic acids is 1. The van der Waals surface area contributed by atoms with Crippen LogP contribution in [0.25, 0.3) is 0 Å². The Morgan fingerprint density at radius 1 is 1.30 bits per heavy atom. The normalized spacial score (nSPS) is 25.3. The molecule has 0 unspecified atom stereocenters. The van der Waals surface area contributed by atoms with Gasteiger partial charge < -0.3 is 19.9 Å². The quantitative estimate of drug-likeness (QED) is 0.873. The first-order valence-corrected chi connectivity index (χ1v) is 10.2. The maximum Gasteiger partial charge on any atom is 0.224 e. The number of nitrogens with zero attached hydrogens (tertiary/aromatic N) is 4. The standard InChI is InChI=1S/C20H31N5O2/c1-15-12-17(23-19(21-2)22-15)24-9-7-20(8-10-24)6-5-18(26)25(14-20)13-16-4-3-11-27-16/h12,16H,3-11,13-14H2,1-2H3,(H,21,22,23)/t16-/m1/s1. The van der Waals surface area contributed by atoms with Crippen molar-refractivity contribution < 1.29 is 9.53 Å². The van der Waals surface area contributed by atoms with Crippen LogP contribution < -0.4 is 10.2 Å². The first kappa shape index (κ1) is 18.5. The zero-order valence-electron chi connectivity index (χ0n) is 16.5. The van der Waals surface area contributed by atoms with Crippen LogP contribution >= 0.6 is 0 Å². The lowest BCUT2D eigenvalue weighted by atomic mass is 9.72. The van der Waals surface area contributed by atoms with Gasteiger partial charge in [-0.3, -0.25) is 4.79 Å². The van der Waals surface area contributed by atoms with Gasteiger partial charge in [0.15, 0.2) is 0 Å². The molecule has 0 aliphatic carbocycles. The average Bonchev–Trinajstić information content (AvgIpc) is 3.18. The van der Waals surface area contributed by atoms with Gasteiger partial charge in [-0.1, -0.05) is 0 Å². The maximum absolute atomic E-state index is 12.4. The molecule has 148 valence electrons. The van der Waals surface area contributed by atoms with E-state index in [1.165, 1.54) is 0 Å². The highest BCUT2D eigenvalue weighted by Crippen LogP contribution is 2.41. The fourth-order valence-electron chi connectivity index (χ4n) is 4.75. The molecule has 3 aliphatic heterocycles. The number of amides is 1. The Kier molecular flexibility index (Phi) is 5.21. The summed E-state index contributed by atoms with van der Waals surface area (Å²) in [6.07, 6.45) is 6.38. The van der Waals surface area contributed by atoms with E-state index in [2.05, 4.69) is 31.2 Å². The first-order valence-electron chi connectivity index (χ1n) is 10.2. The largest absolute Gasteiger partial charge is 0.376 e. The van der Waals surface area contributed by atoms with E-state index >= 15 is 0 Å². The van der Waals surface area contributed by atoms with Crippen molar-refractivity contribution in [3.63, 3.8) is 0 Å². The first-order chi connectivity index (χ1) is 13.1. The van der Waals surface area contributed by atoms with Crippen molar-refractivity contribution in [2.24, 2.45) is 5.41 Å². The molecule has 0 bridgehead atoms. The predicted molar refractivity (Wildman–Crippen MR) is 105 cm³/mol. The molecule has 1 amide bonds. The van der Waals surface area contributed by atoms with Crippen LogP contribution in [-0.2, 0) is 9.53 Å². The topological polar surface area (TPSA) is 70.6 Å². The summed E-state index contributed by atoms with van der Waals surface area (Å²) in [7, 11) is 1.85.